The molecule has 0 aliphatic rings. The Morgan fingerprint density at radius 2 is 1.85 bits per heavy atom. The summed E-state index contributed by atoms with van der Waals surface area (Å²) in [6.45, 7) is 0. The maximum atomic E-state index is 10.7. The number of aliphatic carboxylic acids is 1. The summed E-state index contributed by atoms with van der Waals surface area (Å²) in [7, 11) is 0. The SMILES string of the molecule is N#C[C@@H](CC(=O)O)c1cccc(Oc2ccccc2)c1. The van der Waals surface area contributed by atoms with Crippen LogP contribution in [0.25, 0.3) is 0 Å². The number of ether oxygens (including phenoxy) is 1. The molecule has 0 spiro atoms. The van der Waals surface area contributed by atoms with Gasteiger partial charge in [0.2, 0.25) is 0 Å². The lowest BCUT2D eigenvalue weighted by molar-refractivity contribution is -0.137. The van der Waals surface area contributed by atoms with Crippen molar-refractivity contribution in [2.24, 2.45) is 0 Å². The first kappa shape index (κ1) is 13.6. The molecular weight excluding hydrogens is 254 g/mol. The number of carboxylic acid groups (broad SMARTS) is 1. The third kappa shape index (κ3) is 3.59. The second-order valence-electron chi connectivity index (χ2n) is 4.27. The van der Waals surface area contributed by atoms with Crippen LogP contribution in [0, 0.1) is 11.3 Å². The highest BCUT2D eigenvalue weighted by Crippen LogP contribution is 2.26. The molecule has 0 aromatic heterocycles. The number of nitriles is 1. The van der Waals surface area contributed by atoms with Crippen molar-refractivity contribution in [2.75, 3.05) is 0 Å². The van der Waals surface area contributed by atoms with Crippen molar-refractivity contribution < 1.29 is 14.6 Å². The standard InChI is InChI=1S/C16H13NO3/c17-11-13(10-16(18)19)12-5-4-8-15(9-12)20-14-6-2-1-3-7-14/h1-9,13H,10H2,(H,18,19)/t13-/m1/s1. The fourth-order valence-corrected chi connectivity index (χ4v) is 1.83. The summed E-state index contributed by atoms with van der Waals surface area (Å²) in [6, 6.07) is 18.2. The largest absolute Gasteiger partial charge is 0.481 e. The Morgan fingerprint density at radius 3 is 2.50 bits per heavy atom. The van der Waals surface area contributed by atoms with E-state index in [1.54, 1.807) is 24.3 Å². The first-order valence-corrected chi connectivity index (χ1v) is 6.13. The molecule has 0 radical (unpaired) electrons. The second-order valence-corrected chi connectivity index (χ2v) is 4.27. The molecule has 20 heavy (non-hydrogen) atoms. The van der Waals surface area contributed by atoms with Crippen molar-refractivity contribution >= 4 is 5.97 Å². The van der Waals surface area contributed by atoms with Crippen LogP contribution in [0.3, 0.4) is 0 Å². The van der Waals surface area contributed by atoms with Crippen LogP contribution >= 0.6 is 0 Å². The van der Waals surface area contributed by atoms with Gasteiger partial charge in [-0.25, -0.2) is 0 Å². The second kappa shape index (κ2) is 6.39. The molecule has 2 rings (SSSR count). The molecule has 0 amide bonds. The van der Waals surface area contributed by atoms with E-state index in [0.717, 1.165) is 0 Å². The molecule has 2 aromatic carbocycles. The number of hydrogen-bond donors (Lipinski definition) is 1. The summed E-state index contributed by atoms with van der Waals surface area (Å²) in [5.74, 6) is -0.395. The van der Waals surface area contributed by atoms with Gasteiger partial charge in [-0.15, -0.1) is 0 Å². The fraction of sp³-hybridized carbons (Fsp3) is 0.125. The van der Waals surface area contributed by atoms with Gasteiger partial charge in [-0.05, 0) is 29.8 Å². The molecule has 0 unspecified atom stereocenters. The Morgan fingerprint density at radius 1 is 1.15 bits per heavy atom. The third-order valence-electron chi connectivity index (χ3n) is 2.77. The lowest BCUT2D eigenvalue weighted by atomic mass is 9.97. The molecule has 0 saturated carbocycles. The molecule has 0 bridgehead atoms. The molecular formula is C16H13NO3. The predicted octanol–water partition coefficient (Wildman–Crippen LogP) is 3.56. The van der Waals surface area contributed by atoms with Gasteiger partial charge < -0.3 is 9.84 Å². The summed E-state index contributed by atoms with van der Waals surface area (Å²) in [5.41, 5.74) is 0.642. The first-order valence-electron chi connectivity index (χ1n) is 6.13. The van der Waals surface area contributed by atoms with Gasteiger partial charge in [-0.2, -0.15) is 5.26 Å². The molecule has 0 aliphatic heterocycles. The van der Waals surface area contributed by atoms with Crippen LogP contribution in [0.5, 0.6) is 11.5 Å². The van der Waals surface area contributed by atoms with Crippen molar-refractivity contribution in [3.63, 3.8) is 0 Å². The van der Waals surface area contributed by atoms with Gasteiger partial charge in [0, 0.05) is 0 Å². The van der Waals surface area contributed by atoms with Crippen LogP contribution in [-0.4, -0.2) is 11.1 Å². The minimum Gasteiger partial charge on any atom is -0.481 e. The molecule has 1 atom stereocenters. The van der Waals surface area contributed by atoms with Gasteiger partial charge in [-0.1, -0.05) is 30.3 Å². The van der Waals surface area contributed by atoms with Crippen LogP contribution in [0.15, 0.2) is 54.6 Å². The van der Waals surface area contributed by atoms with E-state index in [0.29, 0.717) is 17.1 Å². The van der Waals surface area contributed by atoms with Crippen LogP contribution in [-0.2, 0) is 4.79 Å². The Labute approximate surface area is 116 Å². The summed E-state index contributed by atoms with van der Waals surface area (Å²) < 4.78 is 5.66. The molecule has 0 saturated heterocycles. The maximum absolute atomic E-state index is 10.7. The molecule has 2 aromatic rings. The number of nitrogens with zero attached hydrogens (tertiary/aromatic N) is 1. The van der Waals surface area contributed by atoms with Crippen molar-refractivity contribution in [3.8, 4) is 17.6 Å². The van der Waals surface area contributed by atoms with Crippen LogP contribution in [0.1, 0.15) is 17.9 Å². The minimum atomic E-state index is -0.995. The van der Waals surface area contributed by atoms with Gasteiger partial charge >= 0.3 is 5.97 Å². The van der Waals surface area contributed by atoms with Crippen molar-refractivity contribution in [2.45, 2.75) is 12.3 Å². The molecule has 1 N–H and O–H groups in total. The molecule has 0 heterocycles. The van der Waals surface area contributed by atoms with E-state index in [9.17, 15) is 4.79 Å². The number of benzene rings is 2. The lowest BCUT2D eigenvalue weighted by Crippen LogP contribution is -2.04. The number of carbonyl (C=O) groups is 1. The minimum absolute atomic E-state index is 0.217. The van der Waals surface area contributed by atoms with Crippen LogP contribution < -0.4 is 4.74 Å². The Hall–Kier alpha value is -2.80. The Balaban J connectivity index is 2.19. The van der Waals surface area contributed by atoms with E-state index in [1.165, 1.54) is 0 Å². The van der Waals surface area contributed by atoms with Gasteiger partial charge in [0.05, 0.1) is 18.4 Å². The summed E-state index contributed by atoms with van der Waals surface area (Å²) in [4.78, 5) is 10.7. The number of carboxylic acids is 1. The normalized spacial score (nSPS) is 11.3. The fourth-order valence-electron chi connectivity index (χ4n) is 1.83. The van der Waals surface area contributed by atoms with Crippen LogP contribution in [0.2, 0.25) is 0 Å². The third-order valence-corrected chi connectivity index (χ3v) is 2.77. The van der Waals surface area contributed by atoms with E-state index >= 15 is 0 Å². The van der Waals surface area contributed by atoms with Crippen molar-refractivity contribution in [1.82, 2.24) is 0 Å². The van der Waals surface area contributed by atoms with Gasteiger partial charge in [-0.3, -0.25) is 4.79 Å². The molecule has 0 aliphatic carbocycles. The maximum Gasteiger partial charge on any atom is 0.305 e. The number of hydrogen-bond acceptors (Lipinski definition) is 3. The highest BCUT2D eigenvalue weighted by Gasteiger charge is 2.15. The van der Waals surface area contributed by atoms with Gasteiger partial charge in [0.15, 0.2) is 0 Å². The highest BCUT2D eigenvalue weighted by molar-refractivity contribution is 5.68. The first-order chi connectivity index (χ1) is 9.69. The topological polar surface area (TPSA) is 70.3 Å². The smallest absolute Gasteiger partial charge is 0.305 e. The van der Waals surface area contributed by atoms with E-state index in [1.807, 2.05) is 36.4 Å². The summed E-state index contributed by atoms with van der Waals surface area (Å²) in [5, 5.41) is 17.9. The average molecular weight is 267 g/mol. The zero-order chi connectivity index (χ0) is 14.4. The summed E-state index contributed by atoms with van der Waals surface area (Å²) in [6.07, 6.45) is -0.217. The molecule has 100 valence electrons. The monoisotopic (exact) mass is 267 g/mol. The van der Waals surface area contributed by atoms with E-state index in [-0.39, 0.29) is 6.42 Å². The molecule has 0 fully saturated rings. The van der Waals surface area contributed by atoms with Crippen molar-refractivity contribution in [3.05, 3.63) is 60.2 Å². The summed E-state index contributed by atoms with van der Waals surface area (Å²) >= 11 is 0. The number of rotatable bonds is 5. The zero-order valence-electron chi connectivity index (χ0n) is 10.7. The molecule has 4 heteroatoms. The van der Waals surface area contributed by atoms with E-state index in [4.69, 9.17) is 15.1 Å². The van der Waals surface area contributed by atoms with Crippen molar-refractivity contribution in [1.29, 1.82) is 5.26 Å². The lowest BCUT2D eigenvalue weighted by Gasteiger charge is -2.10. The van der Waals surface area contributed by atoms with Gasteiger partial charge in [0.1, 0.15) is 11.5 Å². The Bertz CT molecular complexity index is 632. The molecule has 4 nitrogen and oxygen atoms in total. The predicted molar refractivity (Wildman–Crippen MR) is 73.6 cm³/mol. The van der Waals surface area contributed by atoms with E-state index < -0.39 is 11.9 Å². The van der Waals surface area contributed by atoms with E-state index in [2.05, 4.69) is 0 Å². The zero-order valence-corrected chi connectivity index (χ0v) is 10.7. The van der Waals surface area contributed by atoms with Crippen LogP contribution in [0.4, 0.5) is 0 Å². The average Bonchev–Trinajstić information content (AvgIpc) is 2.46. The van der Waals surface area contributed by atoms with Gasteiger partial charge in [0.25, 0.3) is 0 Å². The highest BCUT2D eigenvalue weighted by atomic mass is 16.5. The number of para-hydroxylation sites is 1. The Kier molecular flexibility index (Phi) is 4.35. The quantitative estimate of drug-likeness (QED) is 0.899.